The lowest BCUT2D eigenvalue weighted by Gasteiger charge is -2.09. The molecule has 0 aliphatic heterocycles. The van der Waals surface area contributed by atoms with E-state index in [-0.39, 0.29) is 34.9 Å². The molecule has 186 valence electrons. The van der Waals surface area contributed by atoms with E-state index in [1.165, 1.54) is 27.6 Å². The number of aryl methyl sites for hydroxylation is 3. The minimum absolute atomic E-state index is 0.0260. The van der Waals surface area contributed by atoms with Crippen LogP contribution in [0, 0.1) is 0 Å². The first kappa shape index (κ1) is 25.2. The van der Waals surface area contributed by atoms with E-state index in [9.17, 15) is 19.2 Å². The molecule has 0 radical (unpaired) electrons. The molecule has 0 bridgehead atoms. The van der Waals surface area contributed by atoms with E-state index in [2.05, 4.69) is 31.2 Å². The third-order valence-corrected chi connectivity index (χ3v) is 4.95. The fourth-order valence-electron chi connectivity index (χ4n) is 3.24. The molecule has 0 saturated carbocycles. The zero-order chi connectivity index (χ0) is 25.7. The molecular formula is C21H28N10O4. The van der Waals surface area contributed by atoms with Crippen molar-refractivity contribution in [1.82, 2.24) is 33.9 Å². The summed E-state index contributed by atoms with van der Waals surface area (Å²) in [5.41, 5.74) is 0.755. The molecule has 14 nitrogen and oxygen atoms in total. The van der Waals surface area contributed by atoms with Gasteiger partial charge in [0.2, 0.25) is 18.1 Å². The summed E-state index contributed by atoms with van der Waals surface area (Å²) >= 11 is 0. The Morgan fingerprint density at radius 1 is 0.886 bits per heavy atom. The van der Waals surface area contributed by atoms with Crippen LogP contribution in [-0.4, -0.2) is 79.9 Å². The highest BCUT2D eigenvalue weighted by atomic mass is 16.2. The summed E-state index contributed by atoms with van der Waals surface area (Å²) in [7, 11) is 8.72. The summed E-state index contributed by atoms with van der Waals surface area (Å²) in [5, 5.41) is 10.5. The second kappa shape index (κ2) is 10.6. The van der Waals surface area contributed by atoms with Crippen molar-refractivity contribution >= 4 is 41.5 Å². The summed E-state index contributed by atoms with van der Waals surface area (Å²) < 4.78 is 4.51. The minimum atomic E-state index is -0.568. The summed E-state index contributed by atoms with van der Waals surface area (Å²) in [5.74, 6) is -0.869. The Morgan fingerprint density at radius 2 is 1.46 bits per heavy atom. The van der Waals surface area contributed by atoms with Crippen molar-refractivity contribution < 1.29 is 19.2 Å². The lowest BCUT2D eigenvalue weighted by atomic mass is 10.4. The molecule has 3 aromatic rings. The second-order valence-corrected chi connectivity index (χ2v) is 8.08. The molecule has 0 atom stereocenters. The molecule has 3 aromatic heterocycles. The zero-order valence-corrected chi connectivity index (χ0v) is 20.1. The molecule has 3 heterocycles. The van der Waals surface area contributed by atoms with Crippen molar-refractivity contribution in [3.8, 4) is 0 Å². The average Bonchev–Trinajstić information content (AvgIpc) is 3.44. The number of nitrogens with zero attached hydrogens (tertiary/aromatic N) is 6. The lowest BCUT2D eigenvalue weighted by molar-refractivity contribution is -0.105. The molecule has 0 aliphatic rings. The third kappa shape index (κ3) is 6.11. The highest BCUT2D eigenvalue weighted by Crippen LogP contribution is 2.16. The van der Waals surface area contributed by atoms with Crippen LogP contribution in [0.2, 0.25) is 0 Å². The van der Waals surface area contributed by atoms with E-state index in [0.717, 1.165) is 0 Å². The van der Waals surface area contributed by atoms with Gasteiger partial charge in [-0.3, -0.25) is 19.2 Å². The van der Waals surface area contributed by atoms with Crippen molar-refractivity contribution in [2.45, 2.75) is 0 Å². The number of nitrogens with one attached hydrogen (secondary N) is 4. The number of hydrogen-bond acceptors (Lipinski definition) is 7. The number of imidazole rings is 2. The van der Waals surface area contributed by atoms with E-state index in [4.69, 9.17) is 0 Å². The average molecular weight is 485 g/mol. The topological polar surface area (TPSA) is 160 Å². The number of amides is 4. The predicted molar refractivity (Wildman–Crippen MR) is 128 cm³/mol. The first-order valence-electron chi connectivity index (χ1n) is 10.6. The summed E-state index contributed by atoms with van der Waals surface area (Å²) in [6.07, 6.45) is 5.11. The Balaban J connectivity index is 1.66. The standard InChI is InChI=1S/C21H28N10O4/c1-28(2)7-6-22-20(34)17-24-16(11-30(17)4)27-21(35)18-25-15(10-31(18)5)26-19(33)14-8-13(23-12-32)9-29(14)3/h8-12H,6-7H2,1-5H3,(H,22,34)(H,23,32)(H,26,33)(H,27,35). The molecule has 4 N–H and O–H groups in total. The van der Waals surface area contributed by atoms with Crippen LogP contribution in [0.5, 0.6) is 0 Å². The van der Waals surface area contributed by atoms with Crippen molar-refractivity contribution in [1.29, 1.82) is 0 Å². The Hall–Kier alpha value is -4.46. The molecular weight excluding hydrogens is 456 g/mol. The Bertz CT molecular complexity index is 1250. The van der Waals surface area contributed by atoms with Gasteiger partial charge in [-0.15, -0.1) is 0 Å². The van der Waals surface area contributed by atoms with Crippen LogP contribution in [0.25, 0.3) is 0 Å². The van der Waals surface area contributed by atoms with E-state index >= 15 is 0 Å². The van der Waals surface area contributed by atoms with Gasteiger partial charge in [0, 0.05) is 52.8 Å². The van der Waals surface area contributed by atoms with Crippen molar-refractivity contribution in [2.24, 2.45) is 21.1 Å². The number of anilines is 3. The van der Waals surface area contributed by atoms with Crippen LogP contribution < -0.4 is 21.3 Å². The van der Waals surface area contributed by atoms with Gasteiger partial charge in [0.05, 0.1) is 5.69 Å². The normalized spacial score (nSPS) is 10.8. The number of rotatable bonds is 10. The molecule has 0 aromatic carbocycles. The van der Waals surface area contributed by atoms with Gasteiger partial charge in [0.15, 0.2) is 11.6 Å². The summed E-state index contributed by atoms with van der Waals surface area (Å²) in [6.45, 7) is 1.14. The Kier molecular flexibility index (Phi) is 7.66. The second-order valence-electron chi connectivity index (χ2n) is 8.08. The van der Waals surface area contributed by atoms with Crippen LogP contribution in [0.3, 0.4) is 0 Å². The van der Waals surface area contributed by atoms with Crippen LogP contribution in [0.4, 0.5) is 17.3 Å². The largest absolute Gasteiger partial charge is 0.348 e. The minimum Gasteiger partial charge on any atom is -0.348 e. The van der Waals surface area contributed by atoms with Gasteiger partial charge in [-0.05, 0) is 20.2 Å². The van der Waals surface area contributed by atoms with Crippen LogP contribution in [0.15, 0.2) is 24.7 Å². The molecule has 0 aliphatic carbocycles. The van der Waals surface area contributed by atoms with E-state index < -0.39 is 11.8 Å². The molecule has 35 heavy (non-hydrogen) atoms. The fraction of sp³-hybridized carbons (Fsp3) is 0.333. The van der Waals surface area contributed by atoms with Gasteiger partial charge in [-0.25, -0.2) is 9.97 Å². The van der Waals surface area contributed by atoms with Gasteiger partial charge >= 0.3 is 0 Å². The van der Waals surface area contributed by atoms with Gasteiger partial charge in [-0.2, -0.15) is 0 Å². The zero-order valence-electron chi connectivity index (χ0n) is 20.1. The third-order valence-electron chi connectivity index (χ3n) is 4.95. The van der Waals surface area contributed by atoms with Gasteiger partial charge in [-0.1, -0.05) is 0 Å². The number of aromatic nitrogens is 5. The Labute approximate surface area is 201 Å². The smallest absolute Gasteiger partial charge is 0.292 e. The van der Waals surface area contributed by atoms with Gasteiger partial charge in [0.1, 0.15) is 5.69 Å². The van der Waals surface area contributed by atoms with Crippen molar-refractivity contribution in [3.05, 3.63) is 42.0 Å². The maximum atomic E-state index is 12.8. The molecule has 0 saturated heterocycles. The monoisotopic (exact) mass is 484 g/mol. The molecule has 0 unspecified atom stereocenters. The van der Waals surface area contributed by atoms with Crippen LogP contribution >= 0.6 is 0 Å². The first-order chi connectivity index (χ1) is 16.6. The Morgan fingerprint density at radius 3 is 2.03 bits per heavy atom. The fourth-order valence-corrected chi connectivity index (χ4v) is 3.24. The molecule has 4 amide bonds. The molecule has 0 fully saturated rings. The van der Waals surface area contributed by atoms with Crippen molar-refractivity contribution in [3.63, 3.8) is 0 Å². The van der Waals surface area contributed by atoms with Crippen molar-refractivity contribution in [2.75, 3.05) is 43.1 Å². The number of carbonyl (C=O) groups excluding carboxylic acids is 4. The number of likely N-dealkylation sites (N-methyl/N-ethyl adjacent to an activating group) is 1. The van der Waals surface area contributed by atoms with Crippen LogP contribution in [-0.2, 0) is 25.9 Å². The predicted octanol–water partition coefficient (Wildman–Crippen LogP) is -0.144. The maximum Gasteiger partial charge on any atom is 0.292 e. The number of carbonyl (C=O) groups is 4. The summed E-state index contributed by atoms with van der Waals surface area (Å²) in [4.78, 5) is 58.6. The number of hydrogen-bond donors (Lipinski definition) is 4. The highest BCUT2D eigenvalue weighted by molar-refractivity contribution is 6.05. The quantitative estimate of drug-likeness (QED) is 0.291. The van der Waals surface area contributed by atoms with E-state index in [0.29, 0.717) is 25.2 Å². The lowest BCUT2D eigenvalue weighted by Crippen LogP contribution is -2.32. The first-order valence-corrected chi connectivity index (χ1v) is 10.6. The van der Waals surface area contributed by atoms with Gasteiger partial charge < -0.3 is 39.9 Å². The highest BCUT2D eigenvalue weighted by Gasteiger charge is 2.20. The molecule has 3 rings (SSSR count). The summed E-state index contributed by atoms with van der Waals surface area (Å²) in [6, 6.07) is 1.51. The van der Waals surface area contributed by atoms with Gasteiger partial charge in [0.25, 0.3) is 17.7 Å². The molecule has 0 spiro atoms. The van der Waals surface area contributed by atoms with E-state index in [1.807, 2.05) is 19.0 Å². The SMILES string of the molecule is CN(C)CCNC(=O)c1nc(NC(=O)c2nc(NC(=O)c3cc(NC=O)cn3C)cn2C)cn1C. The van der Waals surface area contributed by atoms with E-state index in [1.54, 1.807) is 31.9 Å². The molecule has 14 heteroatoms. The maximum absolute atomic E-state index is 12.8. The van der Waals surface area contributed by atoms with Crippen LogP contribution in [0.1, 0.15) is 31.7 Å².